The molecule has 2 heterocycles. The van der Waals surface area contributed by atoms with E-state index in [2.05, 4.69) is 51.5 Å². The van der Waals surface area contributed by atoms with Gasteiger partial charge in [-0.15, -0.1) is 0 Å². The zero-order valence-corrected chi connectivity index (χ0v) is 14.4. The molecule has 0 saturated heterocycles. The van der Waals surface area contributed by atoms with Crippen molar-refractivity contribution < 1.29 is 4.79 Å². The number of hydrogen-bond acceptors (Lipinski definition) is 4. The standard InChI is InChI=1S/C18H25N5O/c1-3-9-23-18(19-13-20-23)14(2)21-17(24)12-22-10-8-15-6-4-5-7-16(15)11-22/h4-7,13-14H,3,8-12H2,1-2H3,(H,21,24)/t14-/m1/s1. The fourth-order valence-corrected chi connectivity index (χ4v) is 3.24. The summed E-state index contributed by atoms with van der Waals surface area (Å²) in [4.78, 5) is 18.9. The van der Waals surface area contributed by atoms with Crippen molar-refractivity contribution in [1.29, 1.82) is 0 Å². The van der Waals surface area contributed by atoms with Crippen LogP contribution in [0.1, 0.15) is 43.3 Å². The maximum Gasteiger partial charge on any atom is 0.234 e. The molecule has 6 heteroatoms. The van der Waals surface area contributed by atoms with Gasteiger partial charge in [0, 0.05) is 19.6 Å². The van der Waals surface area contributed by atoms with Crippen LogP contribution in [0.25, 0.3) is 0 Å². The largest absolute Gasteiger partial charge is 0.345 e. The van der Waals surface area contributed by atoms with E-state index in [0.29, 0.717) is 6.54 Å². The van der Waals surface area contributed by atoms with Gasteiger partial charge in [-0.3, -0.25) is 9.69 Å². The van der Waals surface area contributed by atoms with Crippen LogP contribution in [-0.2, 0) is 24.3 Å². The highest BCUT2D eigenvalue weighted by molar-refractivity contribution is 5.78. The van der Waals surface area contributed by atoms with Crippen LogP contribution in [0.2, 0.25) is 0 Å². The third kappa shape index (κ3) is 3.82. The molecule has 1 aromatic carbocycles. The number of amides is 1. The minimum absolute atomic E-state index is 0.0351. The molecule has 3 rings (SSSR count). The number of nitrogens with one attached hydrogen (secondary N) is 1. The van der Waals surface area contributed by atoms with Gasteiger partial charge in [0.05, 0.1) is 12.6 Å². The lowest BCUT2D eigenvalue weighted by Crippen LogP contribution is -2.41. The lowest BCUT2D eigenvalue weighted by Gasteiger charge is -2.28. The number of benzene rings is 1. The maximum atomic E-state index is 12.4. The van der Waals surface area contributed by atoms with Crippen molar-refractivity contribution in [2.24, 2.45) is 0 Å². The first-order chi connectivity index (χ1) is 11.7. The second kappa shape index (κ2) is 7.57. The van der Waals surface area contributed by atoms with E-state index >= 15 is 0 Å². The average Bonchev–Trinajstić information content (AvgIpc) is 3.03. The predicted octanol–water partition coefficient (Wildman–Crippen LogP) is 1.92. The molecule has 1 atom stereocenters. The Kier molecular flexibility index (Phi) is 5.25. The highest BCUT2D eigenvalue weighted by Gasteiger charge is 2.20. The molecule has 0 saturated carbocycles. The SMILES string of the molecule is CCCn1ncnc1[C@@H](C)NC(=O)CN1CCc2ccccc2C1. The van der Waals surface area contributed by atoms with Crippen molar-refractivity contribution in [3.05, 3.63) is 47.5 Å². The van der Waals surface area contributed by atoms with Gasteiger partial charge in [0.15, 0.2) is 0 Å². The molecular formula is C18H25N5O. The molecule has 1 aromatic heterocycles. The first-order valence-electron chi connectivity index (χ1n) is 8.63. The molecule has 0 spiro atoms. The average molecular weight is 327 g/mol. The Morgan fingerprint density at radius 3 is 2.92 bits per heavy atom. The number of carbonyl (C=O) groups is 1. The molecule has 0 radical (unpaired) electrons. The highest BCUT2D eigenvalue weighted by Crippen LogP contribution is 2.18. The summed E-state index contributed by atoms with van der Waals surface area (Å²) in [5.41, 5.74) is 2.72. The lowest BCUT2D eigenvalue weighted by molar-refractivity contribution is -0.123. The van der Waals surface area contributed by atoms with E-state index in [4.69, 9.17) is 0 Å². The molecule has 2 aromatic rings. The minimum atomic E-state index is -0.136. The predicted molar refractivity (Wildman–Crippen MR) is 92.3 cm³/mol. The second-order valence-corrected chi connectivity index (χ2v) is 6.36. The van der Waals surface area contributed by atoms with Crippen LogP contribution in [0, 0.1) is 0 Å². The monoisotopic (exact) mass is 327 g/mol. The van der Waals surface area contributed by atoms with Gasteiger partial charge in [-0.05, 0) is 30.9 Å². The number of rotatable bonds is 6. The van der Waals surface area contributed by atoms with E-state index in [1.54, 1.807) is 6.33 Å². The molecule has 0 unspecified atom stereocenters. The van der Waals surface area contributed by atoms with Gasteiger partial charge in [0.2, 0.25) is 5.91 Å². The molecule has 0 fully saturated rings. The van der Waals surface area contributed by atoms with Crippen molar-refractivity contribution in [3.8, 4) is 0 Å². The van der Waals surface area contributed by atoms with Crippen molar-refractivity contribution in [2.45, 2.75) is 45.8 Å². The topological polar surface area (TPSA) is 63.1 Å². The smallest absolute Gasteiger partial charge is 0.234 e. The van der Waals surface area contributed by atoms with Gasteiger partial charge in [-0.2, -0.15) is 5.10 Å². The zero-order valence-electron chi connectivity index (χ0n) is 14.4. The van der Waals surface area contributed by atoms with Crippen LogP contribution in [0.5, 0.6) is 0 Å². The van der Waals surface area contributed by atoms with Gasteiger partial charge >= 0.3 is 0 Å². The van der Waals surface area contributed by atoms with Crippen molar-refractivity contribution in [1.82, 2.24) is 25.0 Å². The molecular weight excluding hydrogens is 302 g/mol. The van der Waals surface area contributed by atoms with E-state index in [0.717, 1.165) is 38.3 Å². The molecule has 128 valence electrons. The maximum absolute atomic E-state index is 12.4. The molecule has 6 nitrogen and oxygen atoms in total. The summed E-state index contributed by atoms with van der Waals surface area (Å²) in [7, 11) is 0. The van der Waals surface area contributed by atoms with Crippen LogP contribution in [0.3, 0.4) is 0 Å². The lowest BCUT2D eigenvalue weighted by atomic mass is 10.00. The Balaban J connectivity index is 1.55. The van der Waals surface area contributed by atoms with Gasteiger partial charge in [-0.25, -0.2) is 9.67 Å². The van der Waals surface area contributed by atoms with Gasteiger partial charge in [-0.1, -0.05) is 31.2 Å². The van der Waals surface area contributed by atoms with Crippen LogP contribution in [0.4, 0.5) is 0 Å². The van der Waals surface area contributed by atoms with Crippen LogP contribution in [0.15, 0.2) is 30.6 Å². The van der Waals surface area contributed by atoms with Crippen molar-refractivity contribution in [2.75, 3.05) is 13.1 Å². The molecule has 1 N–H and O–H groups in total. The molecule has 1 aliphatic heterocycles. The normalized spacial score (nSPS) is 15.8. The minimum Gasteiger partial charge on any atom is -0.345 e. The Hall–Kier alpha value is -2.21. The molecule has 0 bridgehead atoms. The first-order valence-corrected chi connectivity index (χ1v) is 8.63. The Morgan fingerprint density at radius 1 is 1.33 bits per heavy atom. The van der Waals surface area contributed by atoms with Crippen LogP contribution >= 0.6 is 0 Å². The number of hydrogen-bond donors (Lipinski definition) is 1. The van der Waals surface area contributed by atoms with E-state index in [-0.39, 0.29) is 11.9 Å². The summed E-state index contributed by atoms with van der Waals surface area (Å²) in [5, 5.41) is 7.27. The molecule has 24 heavy (non-hydrogen) atoms. The summed E-state index contributed by atoms with van der Waals surface area (Å²) in [6.45, 7) is 7.05. The summed E-state index contributed by atoms with van der Waals surface area (Å²) >= 11 is 0. The molecule has 1 amide bonds. The van der Waals surface area contributed by atoms with Crippen molar-refractivity contribution in [3.63, 3.8) is 0 Å². The molecule has 1 aliphatic rings. The van der Waals surface area contributed by atoms with E-state index < -0.39 is 0 Å². The Morgan fingerprint density at radius 2 is 2.12 bits per heavy atom. The van der Waals surface area contributed by atoms with E-state index in [1.165, 1.54) is 11.1 Å². The number of aromatic nitrogens is 3. The van der Waals surface area contributed by atoms with Gasteiger partial charge < -0.3 is 5.32 Å². The van der Waals surface area contributed by atoms with E-state index in [1.807, 2.05) is 11.6 Å². The zero-order chi connectivity index (χ0) is 16.9. The number of fused-ring (bicyclic) bond motifs is 1. The van der Waals surface area contributed by atoms with Gasteiger partial charge in [0.1, 0.15) is 12.2 Å². The third-order valence-electron chi connectivity index (χ3n) is 4.42. The summed E-state index contributed by atoms with van der Waals surface area (Å²) in [6, 6.07) is 8.33. The number of carbonyl (C=O) groups excluding carboxylic acids is 1. The second-order valence-electron chi connectivity index (χ2n) is 6.36. The quantitative estimate of drug-likeness (QED) is 0.880. The first kappa shape index (κ1) is 16.6. The van der Waals surface area contributed by atoms with Gasteiger partial charge in [0.25, 0.3) is 0 Å². The Bertz CT molecular complexity index is 696. The fourth-order valence-electron chi connectivity index (χ4n) is 3.24. The van der Waals surface area contributed by atoms with Crippen molar-refractivity contribution >= 4 is 5.91 Å². The van der Waals surface area contributed by atoms with E-state index in [9.17, 15) is 4.79 Å². The summed E-state index contributed by atoms with van der Waals surface area (Å²) in [6.07, 6.45) is 3.54. The third-order valence-corrected chi connectivity index (χ3v) is 4.42. The Labute approximate surface area is 142 Å². The molecule has 0 aliphatic carbocycles. The van der Waals surface area contributed by atoms with Crippen LogP contribution in [-0.4, -0.2) is 38.7 Å². The number of aryl methyl sites for hydroxylation is 1. The summed E-state index contributed by atoms with van der Waals surface area (Å²) in [5.74, 6) is 0.849. The van der Waals surface area contributed by atoms with Crippen LogP contribution < -0.4 is 5.32 Å². The highest BCUT2D eigenvalue weighted by atomic mass is 16.2. The number of nitrogens with zero attached hydrogens (tertiary/aromatic N) is 4. The summed E-state index contributed by atoms with van der Waals surface area (Å²) < 4.78 is 1.86. The fraction of sp³-hybridized carbons (Fsp3) is 0.500.